The highest BCUT2D eigenvalue weighted by Crippen LogP contribution is 2.25. The Balaban J connectivity index is 1.73. The van der Waals surface area contributed by atoms with Crippen LogP contribution in [0.15, 0.2) is 46.9 Å². The van der Waals surface area contributed by atoms with Gasteiger partial charge in [-0.15, -0.1) is 10.2 Å². The molecular weight excluding hydrogens is 346 g/mol. The molecule has 8 heteroatoms. The normalized spacial score (nSPS) is 11.8. The third-order valence-corrected chi connectivity index (χ3v) is 3.51. The van der Waals surface area contributed by atoms with Crippen LogP contribution in [0.5, 0.6) is 5.75 Å². The molecular formula is C18H14F2N2O4. The lowest BCUT2D eigenvalue weighted by atomic mass is 10.2. The summed E-state index contributed by atoms with van der Waals surface area (Å²) in [6.07, 6.45) is -0.895. The summed E-state index contributed by atoms with van der Waals surface area (Å²) in [5.74, 6) is -1.67. The molecule has 1 atom stereocenters. The van der Waals surface area contributed by atoms with E-state index in [1.54, 1.807) is 31.4 Å². The molecule has 1 aromatic heterocycles. The van der Waals surface area contributed by atoms with Crippen LogP contribution < -0.4 is 4.74 Å². The monoisotopic (exact) mass is 360 g/mol. The molecule has 3 rings (SSSR count). The minimum atomic E-state index is -0.903. The number of methoxy groups -OCH3 is 1. The zero-order valence-corrected chi connectivity index (χ0v) is 13.9. The first-order chi connectivity index (χ1) is 12.5. The second-order valence-electron chi connectivity index (χ2n) is 5.38. The molecule has 26 heavy (non-hydrogen) atoms. The van der Waals surface area contributed by atoms with Gasteiger partial charge in [-0.05, 0) is 43.3 Å². The van der Waals surface area contributed by atoms with Crippen LogP contribution in [0.2, 0.25) is 0 Å². The van der Waals surface area contributed by atoms with Gasteiger partial charge in [0.15, 0.2) is 6.10 Å². The van der Waals surface area contributed by atoms with E-state index in [2.05, 4.69) is 10.2 Å². The molecule has 0 N–H and O–H groups in total. The Morgan fingerprint density at radius 3 is 2.35 bits per heavy atom. The average molecular weight is 360 g/mol. The van der Waals surface area contributed by atoms with Gasteiger partial charge in [0.1, 0.15) is 17.4 Å². The van der Waals surface area contributed by atoms with E-state index in [-0.39, 0.29) is 17.3 Å². The van der Waals surface area contributed by atoms with E-state index in [0.717, 1.165) is 12.1 Å². The predicted molar refractivity (Wildman–Crippen MR) is 86.5 cm³/mol. The number of rotatable bonds is 5. The maximum absolute atomic E-state index is 13.2. The molecule has 0 amide bonds. The molecule has 0 aliphatic rings. The second-order valence-corrected chi connectivity index (χ2v) is 5.38. The van der Waals surface area contributed by atoms with Crippen molar-refractivity contribution in [2.75, 3.05) is 7.11 Å². The molecule has 0 radical (unpaired) electrons. The maximum Gasteiger partial charge on any atom is 0.339 e. The number of nitrogens with zero attached hydrogens (tertiary/aromatic N) is 2. The van der Waals surface area contributed by atoms with Gasteiger partial charge in [-0.1, -0.05) is 0 Å². The highest BCUT2D eigenvalue weighted by molar-refractivity contribution is 5.89. The Hall–Kier alpha value is -3.29. The van der Waals surface area contributed by atoms with Gasteiger partial charge in [0, 0.05) is 11.6 Å². The van der Waals surface area contributed by atoms with Crippen molar-refractivity contribution in [3.63, 3.8) is 0 Å². The lowest BCUT2D eigenvalue weighted by Crippen LogP contribution is -2.10. The van der Waals surface area contributed by atoms with Crippen LogP contribution in [0, 0.1) is 11.6 Å². The van der Waals surface area contributed by atoms with E-state index in [4.69, 9.17) is 13.9 Å². The van der Waals surface area contributed by atoms with Gasteiger partial charge in [0.25, 0.3) is 5.89 Å². The average Bonchev–Trinajstić information content (AvgIpc) is 3.11. The molecule has 2 aromatic carbocycles. The minimum absolute atomic E-state index is 0.0565. The number of aromatic nitrogens is 2. The number of esters is 1. The molecule has 0 fully saturated rings. The molecule has 1 heterocycles. The smallest absolute Gasteiger partial charge is 0.339 e. The fraction of sp³-hybridized carbons (Fsp3) is 0.167. The van der Waals surface area contributed by atoms with Gasteiger partial charge in [0.2, 0.25) is 5.89 Å². The largest absolute Gasteiger partial charge is 0.497 e. The van der Waals surface area contributed by atoms with Crippen molar-refractivity contribution < 1.29 is 27.5 Å². The topological polar surface area (TPSA) is 74.5 Å². The number of carbonyl (C=O) groups is 1. The Morgan fingerprint density at radius 2 is 1.73 bits per heavy atom. The second kappa shape index (κ2) is 7.30. The van der Waals surface area contributed by atoms with E-state index in [9.17, 15) is 13.6 Å². The highest BCUT2D eigenvalue weighted by Gasteiger charge is 2.21. The molecule has 0 saturated heterocycles. The van der Waals surface area contributed by atoms with Crippen molar-refractivity contribution in [1.29, 1.82) is 0 Å². The zero-order valence-electron chi connectivity index (χ0n) is 13.9. The molecule has 134 valence electrons. The SMILES string of the molecule is COc1ccc(-c2nnc([C@@H](C)OC(=O)c3cc(F)cc(F)c3)o2)cc1. The van der Waals surface area contributed by atoms with E-state index in [0.29, 0.717) is 17.4 Å². The van der Waals surface area contributed by atoms with E-state index in [1.807, 2.05) is 0 Å². The van der Waals surface area contributed by atoms with Crippen LogP contribution in [0.4, 0.5) is 8.78 Å². The molecule has 0 spiro atoms. The van der Waals surface area contributed by atoms with Crippen molar-refractivity contribution >= 4 is 5.97 Å². The molecule has 0 saturated carbocycles. The number of hydrogen-bond acceptors (Lipinski definition) is 6. The Morgan fingerprint density at radius 1 is 1.08 bits per heavy atom. The fourth-order valence-electron chi connectivity index (χ4n) is 2.20. The van der Waals surface area contributed by atoms with Crippen LogP contribution in [0.3, 0.4) is 0 Å². The number of ether oxygens (including phenoxy) is 2. The summed E-state index contributed by atoms with van der Waals surface area (Å²) in [4.78, 5) is 12.0. The van der Waals surface area contributed by atoms with Gasteiger partial charge >= 0.3 is 5.97 Å². The quantitative estimate of drug-likeness (QED) is 0.642. The van der Waals surface area contributed by atoms with Gasteiger partial charge in [-0.3, -0.25) is 0 Å². The summed E-state index contributed by atoms with van der Waals surface area (Å²) in [6.45, 7) is 1.51. The molecule has 0 aliphatic heterocycles. The van der Waals surface area contributed by atoms with Crippen LogP contribution in [0.25, 0.3) is 11.5 Å². The van der Waals surface area contributed by atoms with Crippen molar-refractivity contribution in [3.05, 3.63) is 65.6 Å². The summed E-state index contributed by atoms with van der Waals surface area (Å²) in [7, 11) is 1.56. The third-order valence-electron chi connectivity index (χ3n) is 3.51. The molecule has 3 aromatic rings. The summed E-state index contributed by atoms with van der Waals surface area (Å²) in [5.41, 5.74) is 0.416. The number of carbonyl (C=O) groups excluding carboxylic acids is 1. The van der Waals surface area contributed by atoms with Crippen LogP contribution >= 0.6 is 0 Å². The van der Waals surface area contributed by atoms with Crippen molar-refractivity contribution in [1.82, 2.24) is 10.2 Å². The lowest BCUT2D eigenvalue weighted by molar-refractivity contribution is 0.0278. The number of halogens is 2. The first-order valence-electron chi connectivity index (χ1n) is 7.61. The van der Waals surface area contributed by atoms with Crippen LogP contribution in [0.1, 0.15) is 29.3 Å². The highest BCUT2D eigenvalue weighted by atomic mass is 19.1. The van der Waals surface area contributed by atoms with Gasteiger partial charge in [-0.25, -0.2) is 13.6 Å². The standard InChI is InChI=1S/C18H14F2N2O4/c1-10(25-18(23)12-7-13(19)9-14(20)8-12)16-21-22-17(26-16)11-3-5-15(24-2)6-4-11/h3-10H,1-2H3/t10-/m1/s1. The van der Waals surface area contributed by atoms with E-state index < -0.39 is 23.7 Å². The molecule has 0 aliphatic carbocycles. The van der Waals surface area contributed by atoms with Crippen LogP contribution in [-0.4, -0.2) is 23.3 Å². The van der Waals surface area contributed by atoms with Crippen molar-refractivity contribution in [3.8, 4) is 17.2 Å². The number of hydrogen-bond donors (Lipinski definition) is 0. The third kappa shape index (κ3) is 3.85. The van der Waals surface area contributed by atoms with E-state index in [1.165, 1.54) is 6.92 Å². The van der Waals surface area contributed by atoms with Crippen molar-refractivity contribution in [2.24, 2.45) is 0 Å². The molecule has 0 bridgehead atoms. The van der Waals surface area contributed by atoms with Gasteiger partial charge in [-0.2, -0.15) is 0 Å². The first kappa shape index (κ1) is 17.5. The van der Waals surface area contributed by atoms with E-state index >= 15 is 0 Å². The van der Waals surface area contributed by atoms with Gasteiger partial charge < -0.3 is 13.9 Å². The maximum atomic E-state index is 13.2. The summed E-state index contributed by atoms with van der Waals surface area (Å²) in [5, 5.41) is 7.75. The predicted octanol–water partition coefficient (Wildman–Crippen LogP) is 3.94. The minimum Gasteiger partial charge on any atom is -0.497 e. The lowest BCUT2D eigenvalue weighted by Gasteiger charge is -2.09. The fourth-order valence-corrected chi connectivity index (χ4v) is 2.20. The summed E-state index contributed by atoms with van der Waals surface area (Å²) in [6, 6.07) is 9.38. The van der Waals surface area contributed by atoms with Crippen LogP contribution in [-0.2, 0) is 4.74 Å². The Labute approximate surface area is 147 Å². The first-order valence-corrected chi connectivity index (χ1v) is 7.61. The summed E-state index contributed by atoms with van der Waals surface area (Å²) >= 11 is 0. The zero-order chi connectivity index (χ0) is 18.7. The number of benzene rings is 2. The molecule has 0 unspecified atom stereocenters. The van der Waals surface area contributed by atoms with Crippen molar-refractivity contribution in [2.45, 2.75) is 13.0 Å². The Bertz CT molecular complexity index is 905. The molecule has 6 nitrogen and oxygen atoms in total. The summed E-state index contributed by atoms with van der Waals surface area (Å²) < 4.78 is 42.1. The Kier molecular flexibility index (Phi) is 4.92. The van der Waals surface area contributed by atoms with Gasteiger partial charge in [0.05, 0.1) is 12.7 Å².